The van der Waals surface area contributed by atoms with Crippen molar-refractivity contribution in [2.75, 3.05) is 26.6 Å². The molecule has 0 aromatic heterocycles. The molecule has 1 fully saturated rings. The average Bonchev–Trinajstić information content (AvgIpc) is 2.28. The molecule has 2 atom stereocenters. The van der Waals surface area contributed by atoms with Crippen molar-refractivity contribution < 1.29 is 14.3 Å². The summed E-state index contributed by atoms with van der Waals surface area (Å²) in [5, 5.41) is 0.452. The first-order chi connectivity index (χ1) is 7.62. The van der Waals surface area contributed by atoms with Crippen LogP contribution in [0.1, 0.15) is 25.7 Å². The minimum atomic E-state index is -0.766. The van der Waals surface area contributed by atoms with E-state index in [0.29, 0.717) is 11.7 Å². The second-order valence-electron chi connectivity index (χ2n) is 4.23. The van der Waals surface area contributed by atoms with Crippen LogP contribution in [0.15, 0.2) is 0 Å². The normalized spacial score (nSPS) is 30.1. The fourth-order valence-corrected chi connectivity index (χ4v) is 3.43. The third kappa shape index (κ3) is 3.64. The van der Waals surface area contributed by atoms with E-state index in [-0.39, 0.29) is 5.97 Å². The molecule has 4 nitrogen and oxygen atoms in total. The molecule has 0 radical (unpaired) electrons. The molecule has 0 aliphatic heterocycles. The van der Waals surface area contributed by atoms with Crippen molar-refractivity contribution in [3.8, 4) is 0 Å². The molecular formula is C11H21NO3S. The number of carbonyl (C=O) groups excluding carboxylic acids is 1. The highest BCUT2D eigenvalue weighted by molar-refractivity contribution is 7.99. The zero-order chi connectivity index (χ0) is 12.0. The Morgan fingerprint density at radius 2 is 2.31 bits per heavy atom. The van der Waals surface area contributed by atoms with Gasteiger partial charge in [-0.15, -0.1) is 0 Å². The summed E-state index contributed by atoms with van der Waals surface area (Å²) < 4.78 is 9.78. The number of thioether (sulfide) groups is 1. The van der Waals surface area contributed by atoms with E-state index in [2.05, 4.69) is 0 Å². The van der Waals surface area contributed by atoms with Gasteiger partial charge in [-0.05, 0) is 25.7 Å². The van der Waals surface area contributed by atoms with Gasteiger partial charge in [-0.1, -0.05) is 0 Å². The second kappa shape index (κ2) is 6.47. The molecule has 1 aliphatic rings. The van der Waals surface area contributed by atoms with Crippen molar-refractivity contribution in [3.05, 3.63) is 0 Å². The molecule has 5 heteroatoms. The number of hydrogen-bond donors (Lipinski definition) is 1. The van der Waals surface area contributed by atoms with Crippen molar-refractivity contribution in [2.45, 2.75) is 36.5 Å². The summed E-state index contributed by atoms with van der Waals surface area (Å²) in [6.07, 6.45) is 3.58. The maximum absolute atomic E-state index is 11.6. The van der Waals surface area contributed by atoms with Crippen molar-refractivity contribution in [2.24, 2.45) is 5.73 Å². The minimum absolute atomic E-state index is 0.274. The van der Waals surface area contributed by atoms with Crippen LogP contribution in [-0.2, 0) is 14.3 Å². The first-order valence-electron chi connectivity index (χ1n) is 5.60. The SMILES string of the molecule is COCCSC1CCCC(N)(C(=O)OC)C1. The van der Waals surface area contributed by atoms with E-state index < -0.39 is 5.54 Å². The molecule has 2 N–H and O–H groups in total. The van der Waals surface area contributed by atoms with Gasteiger partial charge in [0.15, 0.2) is 0 Å². The number of carbonyl (C=O) groups is 1. The second-order valence-corrected chi connectivity index (χ2v) is 5.64. The monoisotopic (exact) mass is 247 g/mol. The zero-order valence-electron chi connectivity index (χ0n) is 10.0. The van der Waals surface area contributed by atoms with Gasteiger partial charge < -0.3 is 15.2 Å². The van der Waals surface area contributed by atoms with Crippen molar-refractivity contribution in [1.29, 1.82) is 0 Å². The van der Waals surface area contributed by atoms with Crippen LogP contribution in [0.25, 0.3) is 0 Å². The van der Waals surface area contributed by atoms with Gasteiger partial charge in [0.25, 0.3) is 0 Å². The largest absolute Gasteiger partial charge is 0.468 e. The maximum atomic E-state index is 11.6. The Kier molecular flexibility index (Phi) is 5.58. The van der Waals surface area contributed by atoms with Crippen LogP contribution in [-0.4, -0.2) is 43.3 Å². The van der Waals surface area contributed by atoms with E-state index in [1.54, 1.807) is 7.11 Å². The summed E-state index contributed by atoms with van der Waals surface area (Å²) in [4.78, 5) is 11.6. The summed E-state index contributed by atoms with van der Waals surface area (Å²) >= 11 is 1.84. The van der Waals surface area contributed by atoms with Crippen LogP contribution < -0.4 is 5.73 Å². The number of rotatable bonds is 5. The van der Waals surface area contributed by atoms with Gasteiger partial charge in [0.05, 0.1) is 13.7 Å². The van der Waals surface area contributed by atoms with Gasteiger partial charge >= 0.3 is 5.97 Å². The molecule has 0 heterocycles. The molecule has 16 heavy (non-hydrogen) atoms. The lowest BCUT2D eigenvalue weighted by atomic mass is 9.82. The van der Waals surface area contributed by atoms with Crippen molar-refractivity contribution >= 4 is 17.7 Å². The molecule has 94 valence electrons. The summed E-state index contributed by atoms with van der Waals surface area (Å²) in [7, 11) is 3.10. The molecule has 0 saturated heterocycles. The topological polar surface area (TPSA) is 61.5 Å². The number of hydrogen-bond acceptors (Lipinski definition) is 5. The van der Waals surface area contributed by atoms with Crippen LogP contribution >= 0.6 is 11.8 Å². The third-order valence-corrected chi connectivity index (χ3v) is 4.25. The zero-order valence-corrected chi connectivity index (χ0v) is 10.8. The van der Waals surface area contributed by atoms with Gasteiger partial charge in [0.2, 0.25) is 0 Å². The Morgan fingerprint density at radius 1 is 1.56 bits per heavy atom. The van der Waals surface area contributed by atoms with Crippen LogP contribution in [0.2, 0.25) is 0 Å². The maximum Gasteiger partial charge on any atom is 0.325 e. The summed E-state index contributed by atoms with van der Waals surface area (Å²) in [6, 6.07) is 0. The lowest BCUT2D eigenvalue weighted by Crippen LogP contribution is -2.52. The Labute approximate surface area is 101 Å². The van der Waals surface area contributed by atoms with Gasteiger partial charge in [0.1, 0.15) is 5.54 Å². The van der Waals surface area contributed by atoms with Gasteiger partial charge in [0, 0.05) is 18.1 Å². The highest BCUT2D eigenvalue weighted by Gasteiger charge is 2.40. The summed E-state index contributed by atoms with van der Waals surface area (Å²) in [5.74, 6) is 0.683. The average molecular weight is 247 g/mol. The highest BCUT2D eigenvalue weighted by Crippen LogP contribution is 2.34. The van der Waals surface area contributed by atoms with E-state index in [1.165, 1.54) is 7.11 Å². The molecule has 1 aliphatic carbocycles. The van der Waals surface area contributed by atoms with Crippen LogP contribution in [0.5, 0.6) is 0 Å². The van der Waals surface area contributed by atoms with Crippen molar-refractivity contribution in [3.63, 3.8) is 0 Å². The minimum Gasteiger partial charge on any atom is -0.468 e. The summed E-state index contributed by atoms with van der Waals surface area (Å²) in [5.41, 5.74) is 5.32. The molecular weight excluding hydrogens is 226 g/mol. The predicted molar refractivity (Wildman–Crippen MR) is 65.5 cm³/mol. The van der Waals surface area contributed by atoms with Gasteiger partial charge in [-0.2, -0.15) is 11.8 Å². The lowest BCUT2D eigenvalue weighted by Gasteiger charge is -2.35. The quantitative estimate of drug-likeness (QED) is 0.584. The molecule has 0 bridgehead atoms. The number of nitrogens with two attached hydrogens (primary N) is 1. The predicted octanol–water partition coefficient (Wildman–Crippen LogP) is 1.18. The molecule has 0 aromatic carbocycles. The Morgan fingerprint density at radius 3 is 2.94 bits per heavy atom. The fourth-order valence-electron chi connectivity index (χ4n) is 2.08. The first kappa shape index (κ1) is 13.8. The van der Waals surface area contributed by atoms with Gasteiger partial charge in [-0.25, -0.2) is 0 Å². The van der Waals surface area contributed by atoms with E-state index >= 15 is 0 Å². The van der Waals surface area contributed by atoms with Crippen LogP contribution in [0.4, 0.5) is 0 Å². The molecule has 0 amide bonds. The van der Waals surface area contributed by atoms with E-state index in [0.717, 1.165) is 31.6 Å². The third-order valence-electron chi connectivity index (χ3n) is 2.97. The fraction of sp³-hybridized carbons (Fsp3) is 0.909. The lowest BCUT2D eigenvalue weighted by molar-refractivity contribution is -0.148. The number of methoxy groups -OCH3 is 2. The standard InChI is InChI=1S/C11H21NO3S/c1-14-6-7-16-9-4-3-5-11(12,8-9)10(13)15-2/h9H,3-8,12H2,1-2H3. The van der Waals surface area contributed by atoms with Gasteiger partial charge in [-0.3, -0.25) is 4.79 Å². The molecule has 0 aromatic rings. The Balaban J connectivity index is 2.43. The van der Waals surface area contributed by atoms with E-state index in [4.69, 9.17) is 15.2 Å². The highest BCUT2D eigenvalue weighted by atomic mass is 32.2. The number of ether oxygens (including phenoxy) is 2. The molecule has 0 spiro atoms. The number of esters is 1. The summed E-state index contributed by atoms with van der Waals surface area (Å²) in [6.45, 7) is 0.747. The molecule has 1 rings (SSSR count). The Bertz CT molecular complexity index is 237. The van der Waals surface area contributed by atoms with Crippen LogP contribution in [0, 0.1) is 0 Å². The molecule has 1 saturated carbocycles. The van der Waals surface area contributed by atoms with Crippen LogP contribution in [0.3, 0.4) is 0 Å². The molecule has 2 unspecified atom stereocenters. The van der Waals surface area contributed by atoms with E-state index in [9.17, 15) is 4.79 Å². The van der Waals surface area contributed by atoms with Crippen molar-refractivity contribution in [1.82, 2.24) is 0 Å². The van der Waals surface area contributed by atoms with E-state index in [1.807, 2.05) is 11.8 Å². The Hall–Kier alpha value is -0.260. The first-order valence-corrected chi connectivity index (χ1v) is 6.65. The smallest absolute Gasteiger partial charge is 0.325 e.